The number of aliphatic hydroxyl groups excluding tert-OH is 3. The fourth-order valence-corrected chi connectivity index (χ4v) is 2.10. The van der Waals surface area contributed by atoms with Crippen molar-refractivity contribution in [2.24, 2.45) is 0 Å². The lowest BCUT2D eigenvalue weighted by atomic mass is 9.97. The highest BCUT2D eigenvalue weighted by Crippen LogP contribution is 2.22. The van der Waals surface area contributed by atoms with E-state index in [0.29, 0.717) is 12.5 Å². The van der Waals surface area contributed by atoms with E-state index in [1.807, 2.05) is 0 Å². The fraction of sp³-hybridized carbons (Fsp3) is 0.917. The van der Waals surface area contributed by atoms with Crippen LogP contribution in [-0.4, -0.2) is 84.2 Å². The van der Waals surface area contributed by atoms with Gasteiger partial charge in [0.15, 0.2) is 6.29 Å². The number of aliphatic hydroxyl groups is 3. The fourth-order valence-electron chi connectivity index (χ4n) is 1.99. The van der Waals surface area contributed by atoms with E-state index >= 15 is 0 Å². The zero-order valence-corrected chi connectivity index (χ0v) is 12.5. The Morgan fingerprint density at radius 3 is 2.57 bits per heavy atom. The van der Waals surface area contributed by atoms with Gasteiger partial charge in [-0.15, -0.1) is 11.6 Å². The summed E-state index contributed by atoms with van der Waals surface area (Å²) in [7, 11) is 0. The van der Waals surface area contributed by atoms with Gasteiger partial charge in [0.25, 0.3) is 0 Å². The molecule has 5 atom stereocenters. The Bertz CT molecular complexity index is 320. The van der Waals surface area contributed by atoms with Gasteiger partial charge < -0.3 is 34.8 Å². The molecule has 9 heteroatoms. The van der Waals surface area contributed by atoms with Crippen LogP contribution in [-0.2, 0) is 19.0 Å². The molecular weight excluding hydrogens is 306 g/mol. The van der Waals surface area contributed by atoms with Gasteiger partial charge in [-0.1, -0.05) is 0 Å². The summed E-state index contributed by atoms with van der Waals surface area (Å²) in [6, 6.07) is -0.937. The number of ether oxygens (including phenoxy) is 3. The van der Waals surface area contributed by atoms with Crippen LogP contribution in [0.1, 0.15) is 6.92 Å². The number of amides is 1. The lowest BCUT2D eigenvalue weighted by Gasteiger charge is -2.42. The van der Waals surface area contributed by atoms with Gasteiger partial charge in [-0.05, 0) is 0 Å². The van der Waals surface area contributed by atoms with Crippen molar-refractivity contribution < 1.29 is 34.3 Å². The van der Waals surface area contributed by atoms with Gasteiger partial charge in [0.05, 0.1) is 26.4 Å². The van der Waals surface area contributed by atoms with Crippen molar-refractivity contribution in [3.63, 3.8) is 0 Å². The number of carbonyl (C=O) groups is 1. The van der Waals surface area contributed by atoms with Crippen LogP contribution in [0.25, 0.3) is 0 Å². The van der Waals surface area contributed by atoms with Crippen molar-refractivity contribution in [3.8, 4) is 0 Å². The number of rotatable bonds is 8. The topological polar surface area (TPSA) is 117 Å². The Hall–Kier alpha value is -0.480. The van der Waals surface area contributed by atoms with Gasteiger partial charge in [-0.25, -0.2) is 0 Å². The van der Waals surface area contributed by atoms with Crippen molar-refractivity contribution in [2.75, 3.05) is 32.3 Å². The number of hydrogen-bond donors (Lipinski definition) is 4. The number of carbonyl (C=O) groups excluding carboxylic acids is 1. The first-order valence-corrected chi connectivity index (χ1v) is 7.19. The van der Waals surface area contributed by atoms with Crippen molar-refractivity contribution >= 4 is 17.5 Å². The minimum atomic E-state index is -1.32. The molecule has 0 aromatic heterocycles. The highest BCUT2D eigenvalue weighted by Gasteiger charge is 2.45. The number of halogens is 1. The summed E-state index contributed by atoms with van der Waals surface area (Å²) >= 11 is 5.46. The zero-order valence-electron chi connectivity index (χ0n) is 11.8. The third-order valence-electron chi connectivity index (χ3n) is 2.98. The molecule has 8 nitrogen and oxygen atoms in total. The molecule has 1 aliphatic heterocycles. The highest BCUT2D eigenvalue weighted by molar-refractivity contribution is 6.17. The molecule has 1 rings (SSSR count). The SMILES string of the molecule is CC(=O)NC1C(OCCOCCCl)OC(CO)C(O)C1O. The van der Waals surface area contributed by atoms with Crippen molar-refractivity contribution in [1.82, 2.24) is 5.32 Å². The van der Waals surface area contributed by atoms with Gasteiger partial charge in [0, 0.05) is 12.8 Å². The molecule has 0 saturated carbocycles. The standard InChI is InChI=1S/C12H22ClNO7/c1-7(16)14-9-11(18)10(17)8(6-15)21-12(9)20-5-4-19-3-2-13/h8-12,15,17-18H,2-6H2,1H3,(H,14,16). The van der Waals surface area contributed by atoms with E-state index in [1.165, 1.54) is 6.92 Å². The van der Waals surface area contributed by atoms with Crippen LogP contribution in [0.2, 0.25) is 0 Å². The molecule has 0 aromatic carbocycles. The molecule has 0 radical (unpaired) electrons. The summed E-state index contributed by atoms with van der Waals surface area (Å²) in [6.45, 7) is 1.60. The quantitative estimate of drug-likeness (QED) is 0.307. The molecule has 0 aromatic rings. The first kappa shape index (κ1) is 18.6. The molecule has 1 amide bonds. The highest BCUT2D eigenvalue weighted by atomic mass is 35.5. The molecule has 0 spiro atoms. The van der Waals surface area contributed by atoms with Crippen LogP contribution < -0.4 is 5.32 Å². The average molecular weight is 328 g/mol. The summed E-state index contributed by atoms with van der Waals surface area (Å²) in [5.74, 6) is -0.0318. The number of alkyl halides is 1. The normalized spacial score (nSPS) is 32.9. The van der Waals surface area contributed by atoms with Crippen LogP contribution in [0.4, 0.5) is 0 Å². The van der Waals surface area contributed by atoms with Crippen LogP contribution in [0, 0.1) is 0 Å². The van der Waals surface area contributed by atoms with E-state index in [2.05, 4.69) is 5.32 Å². The van der Waals surface area contributed by atoms with Gasteiger partial charge in [-0.3, -0.25) is 4.79 Å². The monoisotopic (exact) mass is 327 g/mol. The summed E-state index contributed by atoms with van der Waals surface area (Å²) in [5.41, 5.74) is 0. The third kappa shape index (κ3) is 5.67. The smallest absolute Gasteiger partial charge is 0.217 e. The van der Waals surface area contributed by atoms with E-state index < -0.39 is 43.2 Å². The second kappa shape index (κ2) is 9.52. The second-order valence-electron chi connectivity index (χ2n) is 4.61. The van der Waals surface area contributed by atoms with Crippen LogP contribution in [0.15, 0.2) is 0 Å². The second-order valence-corrected chi connectivity index (χ2v) is 4.98. The van der Waals surface area contributed by atoms with Crippen molar-refractivity contribution in [2.45, 2.75) is 37.6 Å². The molecule has 1 fully saturated rings. The predicted octanol–water partition coefficient (Wildman–Crippen LogP) is -1.80. The van der Waals surface area contributed by atoms with Crippen molar-refractivity contribution in [1.29, 1.82) is 0 Å². The number of nitrogens with one attached hydrogen (secondary N) is 1. The van der Waals surface area contributed by atoms with Crippen molar-refractivity contribution in [3.05, 3.63) is 0 Å². The van der Waals surface area contributed by atoms with Gasteiger partial charge in [0.2, 0.25) is 5.91 Å². The molecule has 21 heavy (non-hydrogen) atoms. The first-order valence-electron chi connectivity index (χ1n) is 6.66. The molecule has 1 aliphatic rings. The van der Waals surface area contributed by atoms with E-state index in [9.17, 15) is 15.0 Å². The lowest BCUT2D eigenvalue weighted by Crippen LogP contribution is -2.64. The molecular formula is C12H22ClNO7. The summed E-state index contributed by atoms with van der Waals surface area (Å²) < 4.78 is 15.9. The maximum Gasteiger partial charge on any atom is 0.217 e. The third-order valence-corrected chi connectivity index (χ3v) is 3.14. The van der Waals surface area contributed by atoms with Crippen LogP contribution in [0.5, 0.6) is 0 Å². The summed E-state index contributed by atoms with van der Waals surface area (Å²) in [5, 5.41) is 31.4. The van der Waals surface area contributed by atoms with E-state index in [4.69, 9.17) is 30.9 Å². The molecule has 1 heterocycles. The lowest BCUT2D eigenvalue weighted by molar-refractivity contribution is -0.271. The molecule has 0 aliphatic carbocycles. The van der Waals surface area contributed by atoms with E-state index in [1.54, 1.807) is 0 Å². The Labute approximate surface area is 127 Å². The number of hydrogen-bond acceptors (Lipinski definition) is 7. The zero-order chi connectivity index (χ0) is 15.8. The maximum absolute atomic E-state index is 11.2. The minimum absolute atomic E-state index is 0.151. The van der Waals surface area contributed by atoms with E-state index in [-0.39, 0.29) is 13.2 Å². The molecule has 5 unspecified atom stereocenters. The minimum Gasteiger partial charge on any atom is -0.394 e. The summed E-state index contributed by atoms with van der Waals surface area (Å²) in [6.07, 6.45) is -4.62. The predicted molar refractivity (Wildman–Crippen MR) is 72.9 cm³/mol. The molecule has 1 saturated heterocycles. The molecule has 0 bridgehead atoms. The molecule has 124 valence electrons. The Balaban J connectivity index is 2.58. The summed E-state index contributed by atoms with van der Waals surface area (Å²) in [4.78, 5) is 11.2. The Morgan fingerprint density at radius 2 is 2.00 bits per heavy atom. The van der Waals surface area contributed by atoms with Crippen LogP contribution in [0.3, 0.4) is 0 Å². The average Bonchev–Trinajstić information content (AvgIpc) is 2.45. The largest absolute Gasteiger partial charge is 0.394 e. The van der Waals surface area contributed by atoms with Crippen LogP contribution >= 0.6 is 11.6 Å². The first-order chi connectivity index (χ1) is 10.0. The van der Waals surface area contributed by atoms with E-state index in [0.717, 1.165) is 0 Å². The van der Waals surface area contributed by atoms with Gasteiger partial charge in [-0.2, -0.15) is 0 Å². The Kier molecular flexibility index (Phi) is 8.42. The molecule has 4 N–H and O–H groups in total. The Morgan fingerprint density at radius 1 is 1.29 bits per heavy atom. The van der Waals surface area contributed by atoms with Gasteiger partial charge in [0.1, 0.15) is 24.4 Å². The maximum atomic E-state index is 11.2. The van der Waals surface area contributed by atoms with Gasteiger partial charge >= 0.3 is 0 Å².